The average Bonchev–Trinajstić information content (AvgIpc) is 2.94. The second-order valence-corrected chi connectivity index (χ2v) is 5.22. The first kappa shape index (κ1) is 15.6. The van der Waals surface area contributed by atoms with Crippen LogP contribution in [-0.2, 0) is 19.2 Å². The Balaban J connectivity index is 1.73. The van der Waals surface area contributed by atoms with Gasteiger partial charge < -0.3 is 4.84 Å². The van der Waals surface area contributed by atoms with E-state index in [0.717, 1.165) is 11.1 Å². The number of nitrogens with zero attached hydrogens (tertiary/aromatic N) is 1. The highest BCUT2D eigenvalue weighted by molar-refractivity contribution is 6.02. The third kappa shape index (κ3) is 3.08. The first-order valence-electron chi connectivity index (χ1n) is 7.25. The lowest BCUT2D eigenvalue weighted by molar-refractivity contribution is -0.172. The molecule has 0 saturated carbocycles. The lowest BCUT2D eigenvalue weighted by Crippen LogP contribution is -2.32. The molecule has 6 nitrogen and oxygen atoms in total. The van der Waals surface area contributed by atoms with Crippen LogP contribution in [0.1, 0.15) is 28.8 Å². The number of hydroxylamine groups is 2. The highest BCUT2D eigenvalue weighted by atomic mass is 16.7. The zero-order valence-electron chi connectivity index (χ0n) is 12.5. The van der Waals surface area contributed by atoms with Crippen LogP contribution in [0.5, 0.6) is 0 Å². The molecule has 1 radical (unpaired) electrons. The van der Waals surface area contributed by atoms with Crippen LogP contribution < -0.4 is 0 Å². The largest absolute Gasteiger partial charge is 0.363 e. The van der Waals surface area contributed by atoms with Gasteiger partial charge in [-0.2, -0.15) is 0 Å². The van der Waals surface area contributed by atoms with Crippen molar-refractivity contribution in [3.8, 4) is 11.1 Å². The van der Waals surface area contributed by atoms with Crippen molar-refractivity contribution in [2.45, 2.75) is 12.8 Å². The van der Waals surface area contributed by atoms with E-state index in [1.165, 1.54) is 0 Å². The Kier molecular flexibility index (Phi) is 4.20. The fourth-order valence-corrected chi connectivity index (χ4v) is 2.32. The SMILES string of the molecule is O=[C]c1ccc(-c2ccc(C(=O)ON3C(=O)CCC3=O)cc2)cc1. The first-order valence-corrected chi connectivity index (χ1v) is 7.25. The molecule has 0 spiro atoms. The summed E-state index contributed by atoms with van der Waals surface area (Å²) in [6.07, 6.45) is 1.91. The fraction of sp³-hybridized carbons (Fsp3) is 0.111. The van der Waals surface area contributed by atoms with Crippen LogP contribution in [0, 0.1) is 0 Å². The molecule has 2 aromatic rings. The third-order valence-electron chi connectivity index (χ3n) is 3.64. The minimum Gasteiger partial charge on any atom is -0.325 e. The van der Waals surface area contributed by atoms with Crippen molar-refractivity contribution >= 4 is 24.1 Å². The van der Waals surface area contributed by atoms with E-state index in [2.05, 4.69) is 0 Å². The van der Waals surface area contributed by atoms with Gasteiger partial charge in [0, 0.05) is 18.4 Å². The van der Waals surface area contributed by atoms with E-state index < -0.39 is 17.8 Å². The first-order chi connectivity index (χ1) is 11.6. The number of rotatable bonds is 4. The summed E-state index contributed by atoms with van der Waals surface area (Å²) in [7, 11) is 0. The van der Waals surface area contributed by atoms with Crippen molar-refractivity contribution < 1.29 is 24.0 Å². The Morgan fingerprint density at radius 2 is 1.38 bits per heavy atom. The van der Waals surface area contributed by atoms with Gasteiger partial charge in [0.25, 0.3) is 11.8 Å². The van der Waals surface area contributed by atoms with Gasteiger partial charge in [0.1, 0.15) is 0 Å². The fourth-order valence-electron chi connectivity index (χ4n) is 2.32. The monoisotopic (exact) mass is 322 g/mol. The van der Waals surface area contributed by atoms with Crippen LogP contribution in [0.15, 0.2) is 48.5 Å². The normalized spacial score (nSPS) is 13.9. The van der Waals surface area contributed by atoms with Crippen LogP contribution in [0.25, 0.3) is 11.1 Å². The van der Waals surface area contributed by atoms with E-state index in [0.29, 0.717) is 10.6 Å². The zero-order valence-corrected chi connectivity index (χ0v) is 12.5. The molecule has 1 saturated heterocycles. The van der Waals surface area contributed by atoms with Gasteiger partial charge in [0.2, 0.25) is 6.29 Å². The Hall–Kier alpha value is -3.28. The van der Waals surface area contributed by atoms with Gasteiger partial charge in [-0.1, -0.05) is 36.4 Å². The second kappa shape index (κ2) is 6.45. The van der Waals surface area contributed by atoms with Crippen LogP contribution in [0.3, 0.4) is 0 Å². The van der Waals surface area contributed by atoms with E-state index in [4.69, 9.17) is 4.84 Å². The molecular weight excluding hydrogens is 310 g/mol. The quantitative estimate of drug-likeness (QED) is 0.805. The van der Waals surface area contributed by atoms with E-state index in [-0.39, 0.29) is 18.4 Å². The van der Waals surface area contributed by atoms with Crippen molar-refractivity contribution in [1.29, 1.82) is 0 Å². The summed E-state index contributed by atoms with van der Waals surface area (Å²) in [5.74, 6) is -1.80. The summed E-state index contributed by atoms with van der Waals surface area (Å²) in [6.45, 7) is 0. The standard InChI is InChI=1S/C18H12NO5/c20-11-12-1-3-13(4-2-12)14-5-7-15(8-6-14)18(23)24-19-16(21)9-10-17(19)22/h1-8H,9-10H2. The molecule has 3 rings (SSSR count). The molecule has 1 aliphatic heterocycles. The van der Waals surface area contributed by atoms with E-state index in [1.54, 1.807) is 54.8 Å². The van der Waals surface area contributed by atoms with Crippen molar-refractivity contribution in [1.82, 2.24) is 5.06 Å². The second-order valence-electron chi connectivity index (χ2n) is 5.22. The molecule has 0 unspecified atom stereocenters. The van der Waals surface area contributed by atoms with E-state index in [9.17, 15) is 19.2 Å². The van der Waals surface area contributed by atoms with Gasteiger partial charge in [0.15, 0.2) is 0 Å². The summed E-state index contributed by atoms with van der Waals surface area (Å²) in [6, 6.07) is 13.4. The number of imide groups is 1. The van der Waals surface area contributed by atoms with Crippen LogP contribution >= 0.6 is 0 Å². The van der Waals surface area contributed by atoms with Crippen LogP contribution in [0.4, 0.5) is 0 Å². The van der Waals surface area contributed by atoms with Gasteiger partial charge in [-0.05, 0) is 23.3 Å². The summed E-state index contributed by atoms with van der Waals surface area (Å²) in [5.41, 5.74) is 2.40. The third-order valence-corrected chi connectivity index (χ3v) is 3.64. The van der Waals surface area contributed by atoms with Gasteiger partial charge >= 0.3 is 5.97 Å². The zero-order chi connectivity index (χ0) is 17.1. The van der Waals surface area contributed by atoms with Crippen molar-refractivity contribution in [2.24, 2.45) is 0 Å². The van der Waals surface area contributed by atoms with Crippen molar-refractivity contribution in [2.75, 3.05) is 0 Å². The highest BCUT2D eigenvalue weighted by Gasteiger charge is 2.33. The van der Waals surface area contributed by atoms with Gasteiger partial charge in [-0.15, -0.1) is 5.06 Å². The molecule has 1 heterocycles. The number of benzene rings is 2. The van der Waals surface area contributed by atoms with Crippen LogP contribution in [0.2, 0.25) is 0 Å². The molecule has 119 valence electrons. The Bertz CT molecular complexity index is 792. The summed E-state index contributed by atoms with van der Waals surface area (Å²) < 4.78 is 0. The van der Waals surface area contributed by atoms with Gasteiger partial charge in [-0.3, -0.25) is 14.4 Å². The molecule has 0 bridgehead atoms. The number of carbonyl (C=O) groups is 3. The van der Waals surface area contributed by atoms with Gasteiger partial charge in [-0.25, -0.2) is 4.79 Å². The number of amides is 2. The van der Waals surface area contributed by atoms with E-state index in [1.807, 2.05) is 0 Å². The summed E-state index contributed by atoms with van der Waals surface area (Å²) in [5, 5.41) is 0.519. The number of carbonyl (C=O) groups excluding carboxylic acids is 4. The lowest BCUT2D eigenvalue weighted by Gasteiger charge is -2.12. The highest BCUT2D eigenvalue weighted by Crippen LogP contribution is 2.21. The molecular formula is C18H12NO5. The predicted octanol–water partition coefficient (Wildman–Crippen LogP) is 2.03. The molecule has 0 aromatic heterocycles. The van der Waals surface area contributed by atoms with E-state index >= 15 is 0 Å². The minimum absolute atomic E-state index is 0.0548. The summed E-state index contributed by atoms with van der Waals surface area (Å²) >= 11 is 0. The molecule has 1 aliphatic rings. The maximum atomic E-state index is 12.0. The van der Waals surface area contributed by atoms with Crippen molar-refractivity contribution in [3.63, 3.8) is 0 Å². The average molecular weight is 322 g/mol. The minimum atomic E-state index is -0.768. The molecule has 0 aliphatic carbocycles. The topological polar surface area (TPSA) is 80.8 Å². The summed E-state index contributed by atoms with van der Waals surface area (Å²) in [4.78, 5) is 50.3. The Morgan fingerprint density at radius 1 is 0.875 bits per heavy atom. The van der Waals surface area contributed by atoms with Crippen molar-refractivity contribution in [3.05, 3.63) is 59.7 Å². The molecule has 6 heteroatoms. The van der Waals surface area contributed by atoms with Gasteiger partial charge in [0.05, 0.1) is 5.56 Å². The maximum Gasteiger partial charge on any atom is 0.363 e. The Morgan fingerprint density at radius 3 is 1.88 bits per heavy atom. The maximum absolute atomic E-state index is 12.0. The smallest absolute Gasteiger partial charge is 0.325 e. The lowest BCUT2D eigenvalue weighted by atomic mass is 10.0. The molecule has 1 fully saturated rings. The molecule has 0 atom stereocenters. The molecule has 2 amide bonds. The molecule has 0 N–H and O–H groups in total. The Labute approximate surface area is 137 Å². The number of hydrogen-bond donors (Lipinski definition) is 0. The van der Waals surface area contributed by atoms with Crippen LogP contribution in [-0.4, -0.2) is 29.1 Å². The number of hydrogen-bond acceptors (Lipinski definition) is 5. The molecule has 2 aromatic carbocycles. The predicted molar refractivity (Wildman–Crippen MR) is 83.2 cm³/mol. The molecule has 24 heavy (non-hydrogen) atoms.